The van der Waals surface area contributed by atoms with Crippen LogP contribution in [0.1, 0.15) is 19.8 Å². The van der Waals surface area contributed by atoms with Gasteiger partial charge < -0.3 is 10.2 Å². The zero-order chi connectivity index (χ0) is 8.97. The molecule has 0 aromatic rings. The Kier molecular flexibility index (Phi) is 3.98. The normalized spacial score (nSPS) is 20.0. The van der Waals surface area contributed by atoms with Gasteiger partial charge in [-0.1, -0.05) is 6.92 Å². The van der Waals surface area contributed by atoms with E-state index in [-0.39, 0.29) is 13.2 Å². The van der Waals surface area contributed by atoms with Crippen LogP contribution in [0, 0.1) is 5.92 Å². The van der Waals surface area contributed by atoms with Crippen LogP contribution in [0.3, 0.4) is 0 Å². The summed E-state index contributed by atoms with van der Waals surface area (Å²) in [7, 11) is 0. The van der Waals surface area contributed by atoms with Crippen LogP contribution in [0.25, 0.3) is 0 Å². The molecule has 1 rings (SSSR count). The number of hydrogen-bond acceptors (Lipinski definition) is 3. The number of rotatable bonds is 6. The molecule has 0 spiro atoms. The third kappa shape index (κ3) is 3.09. The minimum absolute atomic E-state index is 0.231. The highest BCUT2D eigenvalue weighted by atomic mass is 16.3. The summed E-state index contributed by atoms with van der Waals surface area (Å²) in [6.45, 7) is 4.19. The molecule has 1 aliphatic rings. The van der Waals surface area contributed by atoms with Crippen molar-refractivity contribution in [1.29, 1.82) is 0 Å². The third-order valence-corrected chi connectivity index (χ3v) is 2.31. The van der Waals surface area contributed by atoms with Gasteiger partial charge in [-0.25, -0.2) is 0 Å². The molecular formula is C9H19NO2. The average Bonchev–Trinajstić information content (AvgIpc) is 2.86. The fraction of sp³-hybridized carbons (Fsp3) is 1.00. The van der Waals surface area contributed by atoms with E-state index in [1.54, 1.807) is 0 Å². The predicted octanol–water partition coefficient (Wildman–Crippen LogP) is 0.0715. The zero-order valence-electron chi connectivity index (χ0n) is 7.74. The van der Waals surface area contributed by atoms with E-state index in [2.05, 4.69) is 4.90 Å². The van der Waals surface area contributed by atoms with Crippen LogP contribution in [-0.2, 0) is 0 Å². The zero-order valence-corrected chi connectivity index (χ0v) is 7.74. The summed E-state index contributed by atoms with van der Waals surface area (Å²) in [5, 5.41) is 17.7. The van der Waals surface area contributed by atoms with Gasteiger partial charge in [0.15, 0.2) is 0 Å². The van der Waals surface area contributed by atoms with Gasteiger partial charge in [-0.3, -0.25) is 4.90 Å². The minimum atomic E-state index is 0.231. The first kappa shape index (κ1) is 9.96. The molecule has 0 amide bonds. The summed E-state index contributed by atoms with van der Waals surface area (Å²) in [4.78, 5) is 2.28. The standard InChI is InChI=1S/C9H19NO2/c1-8(7-12)6-10(4-5-11)9-2-3-9/h8-9,11-12H,2-7H2,1H3. The van der Waals surface area contributed by atoms with E-state index in [0.29, 0.717) is 12.0 Å². The van der Waals surface area contributed by atoms with Gasteiger partial charge in [-0.15, -0.1) is 0 Å². The van der Waals surface area contributed by atoms with Crippen molar-refractivity contribution in [1.82, 2.24) is 4.90 Å². The molecule has 0 saturated heterocycles. The van der Waals surface area contributed by atoms with Crippen LogP contribution in [-0.4, -0.2) is 47.5 Å². The van der Waals surface area contributed by atoms with Gasteiger partial charge in [0.1, 0.15) is 0 Å². The van der Waals surface area contributed by atoms with E-state index in [1.165, 1.54) is 12.8 Å². The number of hydrogen-bond donors (Lipinski definition) is 2. The summed E-state index contributed by atoms with van der Waals surface area (Å²) in [5.41, 5.74) is 0. The molecule has 1 aliphatic carbocycles. The van der Waals surface area contributed by atoms with Gasteiger partial charge in [-0.05, 0) is 18.8 Å². The Hall–Kier alpha value is -0.120. The van der Waals surface area contributed by atoms with E-state index in [4.69, 9.17) is 10.2 Å². The second-order valence-corrected chi connectivity index (χ2v) is 3.74. The Morgan fingerprint density at radius 2 is 2.08 bits per heavy atom. The lowest BCUT2D eigenvalue weighted by molar-refractivity contribution is 0.142. The van der Waals surface area contributed by atoms with Gasteiger partial charge in [0, 0.05) is 25.7 Å². The van der Waals surface area contributed by atoms with Gasteiger partial charge in [-0.2, -0.15) is 0 Å². The maximum atomic E-state index is 8.86. The van der Waals surface area contributed by atoms with Crippen LogP contribution in [0.5, 0.6) is 0 Å². The van der Waals surface area contributed by atoms with Crippen LogP contribution in [0.2, 0.25) is 0 Å². The molecule has 1 saturated carbocycles. The lowest BCUT2D eigenvalue weighted by atomic mass is 10.2. The smallest absolute Gasteiger partial charge is 0.0558 e. The summed E-state index contributed by atoms with van der Waals surface area (Å²) in [6, 6.07) is 0.686. The van der Waals surface area contributed by atoms with Crippen molar-refractivity contribution < 1.29 is 10.2 Å². The van der Waals surface area contributed by atoms with Gasteiger partial charge in [0.05, 0.1) is 6.61 Å². The molecule has 0 bridgehead atoms. The summed E-state index contributed by atoms with van der Waals surface area (Å²) in [6.07, 6.45) is 2.52. The summed E-state index contributed by atoms with van der Waals surface area (Å²) < 4.78 is 0. The highest BCUT2D eigenvalue weighted by Crippen LogP contribution is 2.26. The molecule has 1 atom stereocenters. The minimum Gasteiger partial charge on any atom is -0.396 e. The molecule has 0 aromatic heterocycles. The topological polar surface area (TPSA) is 43.7 Å². The van der Waals surface area contributed by atoms with Crippen LogP contribution in [0.4, 0.5) is 0 Å². The van der Waals surface area contributed by atoms with Crippen molar-refractivity contribution in [2.45, 2.75) is 25.8 Å². The fourth-order valence-corrected chi connectivity index (χ4v) is 1.45. The van der Waals surface area contributed by atoms with Gasteiger partial charge in [0.2, 0.25) is 0 Å². The first-order chi connectivity index (χ1) is 5.77. The maximum absolute atomic E-state index is 8.86. The second-order valence-electron chi connectivity index (χ2n) is 3.74. The fourth-order valence-electron chi connectivity index (χ4n) is 1.45. The number of nitrogens with zero attached hydrogens (tertiary/aromatic N) is 1. The lowest BCUT2D eigenvalue weighted by Crippen LogP contribution is -2.34. The SMILES string of the molecule is CC(CO)CN(CCO)C1CC1. The molecule has 0 radical (unpaired) electrons. The van der Waals surface area contributed by atoms with Crippen molar-refractivity contribution in [3.63, 3.8) is 0 Å². The Morgan fingerprint density at radius 1 is 1.42 bits per heavy atom. The van der Waals surface area contributed by atoms with E-state index < -0.39 is 0 Å². The largest absolute Gasteiger partial charge is 0.396 e. The molecule has 12 heavy (non-hydrogen) atoms. The molecular weight excluding hydrogens is 154 g/mol. The third-order valence-electron chi connectivity index (χ3n) is 2.31. The number of aliphatic hydroxyl groups excluding tert-OH is 2. The first-order valence-corrected chi connectivity index (χ1v) is 4.73. The molecule has 3 nitrogen and oxygen atoms in total. The van der Waals surface area contributed by atoms with Gasteiger partial charge in [0.25, 0.3) is 0 Å². The molecule has 1 unspecified atom stereocenters. The predicted molar refractivity (Wildman–Crippen MR) is 47.9 cm³/mol. The summed E-state index contributed by atoms with van der Waals surface area (Å²) >= 11 is 0. The molecule has 0 aromatic carbocycles. The Balaban J connectivity index is 2.22. The maximum Gasteiger partial charge on any atom is 0.0558 e. The first-order valence-electron chi connectivity index (χ1n) is 4.73. The van der Waals surface area contributed by atoms with E-state index >= 15 is 0 Å². The van der Waals surface area contributed by atoms with E-state index in [9.17, 15) is 0 Å². The summed E-state index contributed by atoms with van der Waals surface area (Å²) in [5.74, 6) is 0.331. The van der Waals surface area contributed by atoms with Crippen molar-refractivity contribution in [3.8, 4) is 0 Å². The van der Waals surface area contributed by atoms with Gasteiger partial charge >= 0.3 is 0 Å². The monoisotopic (exact) mass is 173 g/mol. The second kappa shape index (κ2) is 4.80. The molecule has 1 fully saturated rings. The van der Waals surface area contributed by atoms with Crippen LogP contribution in [0.15, 0.2) is 0 Å². The Bertz CT molecular complexity index is 126. The molecule has 3 heteroatoms. The molecule has 2 N–H and O–H groups in total. The van der Waals surface area contributed by atoms with Crippen LogP contribution >= 0.6 is 0 Å². The Labute approximate surface area is 74.0 Å². The molecule has 0 heterocycles. The van der Waals surface area contributed by atoms with Crippen molar-refractivity contribution in [3.05, 3.63) is 0 Å². The highest BCUT2D eigenvalue weighted by molar-refractivity contribution is 4.84. The quantitative estimate of drug-likeness (QED) is 0.597. The highest BCUT2D eigenvalue weighted by Gasteiger charge is 2.28. The van der Waals surface area contributed by atoms with E-state index in [0.717, 1.165) is 13.1 Å². The van der Waals surface area contributed by atoms with Crippen LogP contribution < -0.4 is 0 Å². The molecule has 0 aliphatic heterocycles. The van der Waals surface area contributed by atoms with Crippen molar-refractivity contribution >= 4 is 0 Å². The van der Waals surface area contributed by atoms with Crippen molar-refractivity contribution in [2.75, 3.05) is 26.3 Å². The van der Waals surface area contributed by atoms with E-state index in [1.807, 2.05) is 6.92 Å². The number of aliphatic hydroxyl groups is 2. The van der Waals surface area contributed by atoms with Crippen molar-refractivity contribution in [2.24, 2.45) is 5.92 Å². The average molecular weight is 173 g/mol. The lowest BCUT2D eigenvalue weighted by Gasteiger charge is -2.23. The Morgan fingerprint density at radius 3 is 2.50 bits per heavy atom. The molecule has 72 valence electrons.